The average molecular weight is 531 g/mol. The smallest absolute Gasteiger partial charge is 0.443 e. The van der Waals surface area contributed by atoms with E-state index in [-0.39, 0.29) is 17.7 Å². The molecule has 0 N–H and O–H groups in total. The highest BCUT2D eigenvalue weighted by atomic mass is 32.2. The van der Waals surface area contributed by atoms with E-state index < -0.39 is 52.4 Å². The third-order valence-electron chi connectivity index (χ3n) is 4.03. The van der Waals surface area contributed by atoms with Crippen LogP contribution in [0.5, 0.6) is 0 Å². The van der Waals surface area contributed by atoms with Gasteiger partial charge in [-0.25, -0.2) is 23.6 Å². The minimum atomic E-state index is -1.82. The fraction of sp³-hybridized carbons (Fsp3) is 0.652. The molecule has 1 aromatic heterocycles. The van der Waals surface area contributed by atoms with Gasteiger partial charge in [-0.1, -0.05) is 0 Å². The Kier molecular flexibility index (Phi) is 8.70. The molecule has 0 bridgehead atoms. The second kappa shape index (κ2) is 10.7. The van der Waals surface area contributed by atoms with Crippen molar-refractivity contribution in [2.24, 2.45) is 0 Å². The molecule has 13 heteroatoms. The van der Waals surface area contributed by atoms with Crippen molar-refractivity contribution in [2.75, 3.05) is 10.7 Å². The molecule has 36 heavy (non-hydrogen) atoms. The number of thioether (sulfide) groups is 1. The maximum Gasteiger partial charge on any atom is 0.509 e. The molecular formula is C23H33FN3O8S. The number of nitrogens with zero attached hydrogens (tertiary/aromatic N) is 3. The van der Waals surface area contributed by atoms with Crippen LogP contribution in [0.2, 0.25) is 0 Å². The molecule has 0 aromatic carbocycles. The van der Waals surface area contributed by atoms with E-state index in [1.165, 1.54) is 12.3 Å². The van der Waals surface area contributed by atoms with E-state index in [2.05, 4.69) is 4.98 Å². The van der Waals surface area contributed by atoms with E-state index in [9.17, 15) is 19.2 Å². The molecule has 1 fully saturated rings. The first-order valence-corrected chi connectivity index (χ1v) is 12.2. The van der Waals surface area contributed by atoms with E-state index in [4.69, 9.17) is 18.9 Å². The molecule has 0 aliphatic carbocycles. The Morgan fingerprint density at radius 3 is 1.92 bits per heavy atom. The van der Waals surface area contributed by atoms with E-state index in [0.29, 0.717) is 4.90 Å². The van der Waals surface area contributed by atoms with Crippen LogP contribution in [0.15, 0.2) is 17.1 Å². The van der Waals surface area contributed by atoms with Crippen LogP contribution >= 0.6 is 11.8 Å². The molecule has 2 amide bonds. The lowest BCUT2D eigenvalue weighted by molar-refractivity contribution is -0.0115. The van der Waals surface area contributed by atoms with Gasteiger partial charge in [-0.3, -0.25) is 4.57 Å². The summed E-state index contributed by atoms with van der Waals surface area (Å²) in [4.78, 5) is 54.5. The molecule has 0 unspecified atom stereocenters. The van der Waals surface area contributed by atoms with Gasteiger partial charge in [0.15, 0.2) is 12.0 Å². The van der Waals surface area contributed by atoms with Crippen LogP contribution in [0.25, 0.3) is 0 Å². The molecule has 1 radical (unpaired) electrons. The van der Waals surface area contributed by atoms with E-state index in [1.807, 2.05) is 0 Å². The van der Waals surface area contributed by atoms with Crippen molar-refractivity contribution >= 4 is 35.9 Å². The Morgan fingerprint density at radius 2 is 1.47 bits per heavy atom. The number of ether oxygens (including phenoxy) is 4. The van der Waals surface area contributed by atoms with Crippen LogP contribution < -0.4 is 10.6 Å². The number of hydrogen-bond donors (Lipinski definition) is 0. The van der Waals surface area contributed by atoms with Gasteiger partial charge in [-0.05, 0) is 68.4 Å². The fourth-order valence-electron chi connectivity index (χ4n) is 2.77. The molecule has 1 aliphatic rings. The minimum Gasteiger partial charge on any atom is -0.443 e. The van der Waals surface area contributed by atoms with Gasteiger partial charge in [0.05, 0.1) is 0 Å². The van der Waals surface area contributed by atoms with Gasteiger partial charge in [0, 0.05) is 11.9 Å². The largest absolute Gasteiger partial charge is 0.509 e. The van der Waals surface area contributed by atoms with Gasteiger partial charge >= 0.3 is 24.0 Å². The normalized spacial score (nSPS) is 18.9. The maximum absolute atomic E-state index is 15.1. The molecule has 201 valence electrons. The topological polar surface area (TPSA) is 126 Å². The standard InChI is InChI=1S/C23H33FN3O8S/c1-21(2,3)33-18(29)27(19(30)34-22(4,5)6)14-10-11-26(17(28)25-14)16-15(24)13(12-36-16)32-20(31)35-23(7,8)9/h10-11,15-16H,12H2,1-9H3/t15-,16+/m0/s1. The van der Waals surface area contributed by atoms with Gasteiger partial charge in [0.1, 0.15) is 22.2 Å². The lowest BCUT2D eigenvalue weighted by atomic mass is 10.2. The maximum atomic E-state index is 15.1. The first-order valence-electron chi connectivity index (χ1n) is 11.1. The summed E-state index contributed by atoms with van der Waals surface area (Å²) in [6.45, 7) is 14.6. The highest BCUT2D eigenvalue weighted by Gasteiger charge is 2.44. The molecule has 2 heterocycles. The van der Waals surface area contributed by atoms with Crippen molar-refractivity contribution in [3.8, 4) is 0 Å². The molecule has 1 aliphatic heterocycles. The van der Waals surface area contributed by atoms with Gasteiger partial charge < -0.3 is 18.9 Å². The van der Waals surface area contributed by atoms with E-state index in [1.54, 1.807) is 62.3 Å². The second-order valence-electron chi connectivity index (χ2n) is 10.9. The Labute approximate surface area is 213 Å². The van der Waals surface area contributed by atoms with Gasteiger partial charge in [-0.15, -0.1) is 11.8 Å². The number of carbonyl (C=O) groups is 3. The number of halogens is 1. The summed E-state index contributed by atoms with van der Waals surface area (Å²) in [6.07, 6.45) is -4.07. The molecule has 2 atom stereocenters. The average Bonchev–Trinajstić information content (AvgIpc) is 2.97. The Balaban J connectivity index is 2.29. The number of carbonyl (C=O) groups excluding carboxylic acids is 3. The van der Waals surface area contributed by atoms with Crippen LogP contribution in [0, 0.1) is 6.10 Å². The summed E-state index contributed by atoms with van der Waals surface area (Å²) in [5.74, 6) is -0.353. The molecule has 1 aromatic rings. The number of aromatic nitrogens is 2. The molecule has 0 spiro atoms. The number of amides is 2. The van der Waals surface area contributed by atoms with Crippen molar-refractivity contribution in [3.05, 3.63) is 28.9 Å². The van der Waals surface area contributed by atoms with Crippen LogP contribution in [0.3, 0.4) is 0 Å². The molecule has 1 saturated heterocycles. The van der Waals surface area contributed by atoms with Gasteiger partial charge in [-0.2, -0.15) is 9.88 Å². The number of alkyl halides is 1. The van der Waals surface area contributed by atoms with Crippen LogP contribution in [-0.4, -0.2) is 56.6 Å². The first kappa shape index (κ1) is 29.4. The summed E-state index contributed by atoms with van der Waals surface area (Å²) in [6, 6.07) is 1.19. The van der Waals surface area contributed by atoms with Crippen molar-refractivity contribution in [2.45, 2.75) is 90.7 Å². The summed E-state index contributed by atoms with van der Waals surface area (Å²) < 4.78 is 36.6. The highest BCUT2D eigenvalue weighted by molar-refractivity contribution is 7.99. The molecule has 2 rings (SSSR count). The Morgan fingerprint density at radius 1 is 0.972 bits per heavy atom. The lowest BCUT2D eigenvalue weighted by Gasteiger charge is -2.28. The van der Waals surface area contributed by atoms with Crippen LogP contribution in [0.1, 0.15) is 67.7 Å². The molecule has 0 saturated carbocycles. The third-order valence-corrected chi connectivity index (χ3v) is 5.29. The van der Waals surface area contributed by atoms with Gasteiger partial charge in [0.25, 0.3) is 0 Å². The van der Waals surface area contributed by atoms with Crippen LogP contribution in [0.4, 0.5) is 24.6 Å². The minimum absolute atomic E-state index is 0.00120. The highest BCUT2D eigenvalue weighted by Crippen LogP contribution is 2.43. The summed E-state index contributed by atoms with van der Waals surface area (Å²) in [5, 5.41) is -1.09. The second-order valence-corrected chi connectivity index (χ2v) is 12.0. The zero-order valence-electron chi connectivity index (χ0n) is 21.9. The predicted octanol–water partition coefficient (Wildman–Crippen LogP) is 4.99. The zero-order valence-corrected chi connectivity index (χ0v) is 22.7. The number of anilines is 1. The van der Waals surface area contributed by atoms with Crippen molar-refractivity contribution in [1.29, 1.82) is 0 Å². The van der Waals surface area contributed by atoms with Crippen molar-refractivity contribution in [1.82, 2.24) is 9.55 Å². The quantitative estimate of drug-likeness (QED) is 0.390. The zero-order chi connectivity index (χ0) is 27.6. The number of imide groups is 1. The monoisotopic (exact) mass is 530 g/mol. The van der Waals surface area contributed by atoms with Crippen molar-refractivity contribution in [3.63, 3.8) is 0 Å². The fourth-order valence-corrected chi connectivity index (χ4v) is 3.97. The van der Waals surface area contributed by atoms with Crippen molar-refractivity contribution < 1.29 is 37.7 Å². The molecule has 11 nitrogen and oxygen atoms in total. The predicted molar refractivity (Wildman–Crippen MR) is 130 cm³/mol. The summed E-state index contributed by atoms with van der Waals surface area (Å²) in [5.41, 5.74) is -3.66. The Hall–Kier alpha value is -2.83. The lowest BCUT2D eigenvalue weighted by Crippen LogP contribution is -2.45. The van der Waals surface area contributed by atoms with Crippen LogP contribution in [-0.2, 0) is 18.9 Å². The first-order chi connectivity index (χ1) is 16.3. The Bertz CT molecular complexity index is 1010. The number of rotatable bonds is 3. The third kappa shape index (κ3) is 8.38. The summed E-state index contributed by atoms with van der Waals surface area (Å²) in [7, 11) is 0. The van der Waals surface area contributed by atoms with E-state index in [0.717, 1.165) is 16.3 Å². The van der Waals surface area contributed by atoms with Gasteiger partial charge in [0.2, 0.25) is 6.10 Å². The SMILES string of the molecule is CC(C)(C)OC(=O)O[C]1CS[C@@H](n2ccc(N(C(=O)OC(C)(C)C)C(=O)OC(C)(C)C)nc2=O)[C@H]1F. The summed E-state index contributed by atoms with van der Waals surface area (Å²) >= 11 is 1.01. The van der Waals surface area contributed by atoms with E-state index >= 15 is 4.39 Å². The molecular weight excluding hydrogens is 497 g/mol. The number of hydrogen-bond acceptors (Lipinski definition) is 10.